The molecule has 118 valence electrons. The highest BCUT2D eigenvalue weighted by Crippen LogP contribution is 2.16. The normalized spacial score (nSPS) is 11.3. The summed E-state index contributed by atoms with van der Waals surface area (Å²) in [6.45, 7) is 0.634. The Bertz CT molecular complexity index is 588. The number of carbonyl (C=O) groups excluding carboxylic acids is 1. The molecule has 0 aliphatic rings. The van der Waals surface area contributed by atoms with E-state index in [-0.39, 0.29) is 28.7 Å². The standard InChI is InChI=1S/C13H20N2O4S2/c1-21(18,19)12-8-10(7-11(14)9-12)13(17)15-3-6-20-5-2-4-16/h7-9,16H,2-6,14H2,1H3,(H,15,17). The highest BCUT2D eigenvalue weighted by Gasteiger charge is 2.13. The number of rotatable bonds is 8. The second-order valence-corrected chi connectivity index (χ2v) is 7.75. The fourth-order valence-corrected chi connectivity index (χ4v) is 3.05. The van der Waals surface area contributed by atoms with Gasteiger partial charge in [-0.15, -0.1) is 0 Å². The van der Waals surface area contributed by atoms with Crippen LogP contribution in [0.15, 0.2) is 23.1 Å². The number of anilines is 1. The van der Waals surface area contributed by atoms with E-state index in [0.29, 0.717) is 6.54 Å². The van der Waals surface area contributed by atoms with Crippen LogP contribution in [-0.4, -0.2) is 50.3 Å². The summed E-state index contributed by atoms with van der Waals surface area (Å²) in [7, 11) is -3.40. The molecule has 0 aliphatic carbocycles. The molecule has 0 unspecified atom stereocenters. The fourth-order valence-electron chi connectivity index (χ4n) is 1.57. The third-order valence-corrected chi connectivity index (χ3v) is 4.76. The first-order chi connectivity index (χ1) is 9.84. The van der Waals surface area contributed by atoms with Crippen molar-refractivity contribution in [3.63, 3.8) is 0 Å². The minimum atomic E-state index is -3.40. The minimum Gasteiger partial charge on any atom is -0.399 e. The Morgan fingerprint density at radius 1 is 1.33 bits per heavy atom. The molecule has 1 aromatic rings. The van der Waals surface area contributed by atoms with Crippen molar-refractivity contribution in [1.82, 2.24) is 5.32 Å². The van der Waals surface area contributed by atoms with Crippen molar-refractivity contribution in [2.45, 2.75) is 11.3 Å². The number of hydrogen-bond acceptors (Lipinski definition) is 6. The maximum atomic E-state index is 12.0. The van der Waals surface area contributed by atoms with Crippen LogP contribution in [0.25, 0.3) is 0 Å². The number of nitrogen functional groups attached to an aromatic ring is 1. The van der Waals surface area contributed by atoms with E-state index in [0.717, 1.165) is 24.2 Å². The molecule has 6 nitrogen and oxygen atoms in total. The molecule has 0 saturated carbocycles. The average Bonchev–Trinajstić information content (AvgIpc) is 2.40. The lowest BCUT2D eigenvalue weighted by molar-refractivity contribution is 0.0956. The van der Waals surface area contributed by atoms with Crippen molar-refractivity contribution in [3.8, 4) is 0 Å². The van der Waals surface area contributed by atoms with E-state index in [4.69, 9.17) is 10.8 Å². The number of benzene rings is 1. The molecule has 0 fully saturated rings. The van der Waals surface area contributed by atoms with Gasteiger partial charge in [0.15, 0.2) is 9.84 Å². The molecular formula is C13H20N2O4S2. The Balaban J connectivity index is 2.60. The number of aliphatic hydroxyl groups excluding tert-OH is 1. The second kappa shape index (κ2) is 8.26. The smallest absolute Gasteiger partial charge is 0.251 e. The van der Waals surface area contributed by atoms with E-state index in [2.05, 4.69) is 5.32 Å². The van der Waals surface area contributed by atoms with Crippen molar-refractivity contribution < 1.29 is 18.3 Å². The van der Waals surface area contributed by atoms with Gasteiger partial charge in [-0.05, 0) is 30.4 Å². The Morgan fingerprint density at radius 2 is 2.05 bits per heavy atom. The summed E-state index contributed by atoms with van der Waals surface area (Å²) < 4.78 is 23.0. The van der Waals surface area contributed by atoms with E-state index in [1.54, 1.807) is 11.8 Å². The largest absolute Gasteiger partial charge is 0.399 e. The number of nitrogens with one attached hydrogen (secondary N) is 1. The monoisotopic (exact) mass is 332 g/mol. The second-order valence-electron chi connectivity index (χ2n) is 4.51. The molecule has 1 amide bonds. The number of amides is 1. The molecule has 0 atom stereocenters. The maximum absolute atomic E-state index is 12.0. The van der Waals surface area contributed by atoms with Crippen LogP contribution >= 0.6 is 11.8 Å². The molecule has 1 aromatic carbocycles. The predicted octanol–water partition coefficient (Wildman–Crippen LogP) is 0.518. The summed E-state index contributed by atoms with van der Waals surface area (Å²) in [5.74, 6) is 1.21. The van der Waals surface area contributed by atoms with Gasteiger partial charge in [0, 0.05) is 36.4 Å². The Morgan fingerprint density at radius 3 is 2.67 bits per heavy atom. The Kier molecular flexibility index (Phi) is 7.00. The molecule has 0 saturated heterocycles. The highest BCUT2D eigenvalue weighted by atomic mass is 32.2. The Hall–Kier alpha value is -1.25. The maximum Gasteiger partial charge on any atom is 0.251 e. The van der Waals surface area contributed by atoms with Crippen LogP contribution in [0.3, 0.4) is 0 Å². The van der Waals surface area contributed by atoms with E-state index >= 15 is 0 Å². The van der Waals surface area contributed by atoms with E-state index in [1.807, 2.05) is 0 Å². The lowest BCUT2D eigenvalue weighted by Crippen LogP contribution is -2.26. The van der Waals surface area contributed by atoms with Gasteiger partial charge < -0.3 is 16.2 Å². The molecule has 0 aliphatic heterocycles. The van der Waals surface area contributed by atoms with Crippen LogP contribution < -0.4 is 11.1 Å². The molecule has 8 heteroatoms. The fraction of sp³-hybridized carbons (Fsp3) is 0.462. The number of carbonyl (C=O) groups is 1. The van der Waals surface area contributed by atoms with Gasteiger partial charge in [-0.1, -0.05) is 0 Å². The Labute approximate surface area is 129 Å². The van der Waals surface area contributed by atoms with Crippen LogP contribution in [0, 0.1) is 0 Å². The van der Waals surface area contributed by atoms with Crippen LogP contribution in [0.2, 0.25) is 0 Å². The number of sulfone groups is 1. The number of aliphatic hydroxyl groups is 1. The third-order valence-electron chi connectivity index (χ3n) is 2.60. The first-order valence-electron chi connectivity index (χ1n) is 6.42. The number of nitrogens with two attached hydrogens (primary N) is 1. The average molecular weight is 332 g/mol. The first kappa shape index (κ1) is 17.8. The highest BCUT2D eigenvalue weighted by molar-refractivity contribution is 7.99. The summed E-state index contributed by atoms with van der Waals surface area (Å²) in [5, 5.41) is 11.3. The van der Waals surface area contributed by atoms with Crippen molar-refractivity contribution in [3.05, 3.63) is 23.8 Å². The van der Waals surface area contributed by atoms with E-state index in [9.17, 15) is 13.2 Å². The molecule has 0 aromatic heterocycles. The van der Waals surface area contributed by atoms with Crippen LogP contribution in [0.5, 0.6) is 0 Å². The zero-order chi connectivity index (χ0) is 15.9. The van der Waals surface area contributed by atoms with Crippen LogP contribution in [0.1, 0.15) is 16.8 Å². The summed E-state index contributed by atoms with van der Waals surface area (Å²) in [5.41, 5.74) is 6.10. The molecule has 0 heterocycles. The van der Waals surface area contributed by atoms with Crippen molar-refractivity contribution in [2.75, 3.05) is 36.6 Å². The topological polar surface area (TPSA) is 109 Å². The number of hydrogen-bond donors (Lipinski definition) is 3. The zero-order valence-electron chi connectivity index (χ0n) is 11.8. The quantitative estimate of drug-likeness (QED) is 0.473. The van der Waals surface area contributed by atoms with Gasteiger partial charge >= 0.3 is 0 Å². The third kappa shape index (κ3) is 6.36. The molecular weight excluding hydrogens is 312 g/mol. The molecule has 1 rings (SSSR count). The van der Waals surface area contributed by atoms with Crippen molar-refractivity contribution in [1.29, 1.82) is 0 Å². The van der Waals surface area contributed by atoms with Crippen LogP contribution in [-0.2, 0) is 9.84 Å². The molecule has 0 bridgehead atoms. The van der Waals surface area contributed by atoms with Gasteiger partial charge in [0.2, 0.25) is 0 Å². The SMILES string of the molecule is CS(=O)(=O)c1cc(N)cc(C(=O)NCCSCCCO)c1. The van der Waals surface area contributed by atoms with Gasteiger partial charge in [-0.2, -0.15) is 11.8 Å². The van der Waals surface area contributed by atoms with Gasteiger partial charge in [-0.3, -0.25) is 4.79 Å². The minimum absolute atomic E-state index is 0.0324. The predicted molar refractivity (Wildman–Crippen MR) is 85.3 cm³/mol. The summed E-state index contributed by atoms with van der Waals surface area (Å²) in [6, 6.07) is 4.10. The molecule has 0 spiro atoms. The lowest BCUT2D eigenvalue weighted by Gasteiger charge is -2.08. The summed E-state index contributed by atoms with van der Waals surface area (Å²) in [6.07, 6.45) is 1.80. The van der Waals surface area contributed by atoms with Gasteiger partial charge in [-0.25, -0.2) is 8.42 Å². The molecule has 4 N–H and O–H groups in total. The van der Waals surface area contributed by atoms with Crippen molar-refractivity contribution >= 4 is 33.2 Å². The summed E-state index contributed by atoms with van der Waals surface area (Å²) >= 11 is 1.63. The lowest BCUT2D eigenvalue weighted by atomic mass is 10.2. The van der Waals surface area contributed by atoms with Gasteiger partial charge in [0.25, 0.3) is 5.91 Å². The van der Waals surface area contributed by atoms with E-state index < -0.39 is 9.84 Å². The zero-order valence-corrected chi connectivity index (χ0v) is 13.5. The molecule has 0 radical (unpaired) electrons. The van der Waals surface area contributed by atoms with Gasteiger partial charge in [0.05, 0.1) is 4.90 Å². The number of thioether (sulfide) groups is 1. The first-order valence-corrected chi connectivity index (χ1v) is 9.46. The van der Waals surface area contributed by atoms with Gasteiger partial charge in [0.1, 0.15) is 0 Å². The van der Waals surface area contributed by atoms with E-state index in [1.165, 1.54) is 18.2 Å². The summed E-state index contributed by atoms with van der Waals surface area (Å²) in [4.78, 5) is 12.0. The van der Waals surface area contributed by atoms with Crippen molar-refractivity contribution in [2.24, 2.45) is 0 Å². The van der Waals surface area contributed by atoms with Crippen LogP contribution in [0.4, 0.5) is 5.69 Å². The molecule has 21 heavy (non-hydrogen) atoms.